The molecule has 0 spiro atoms. The van der Waals surface area contributed by atoms with Gasteiger partial charge in [-0.2, -0.15) is 0 Å². The fraction of sp³-hybridized carbons (Fsp3) is 0.462. The number of amides is 1. The molecule has 5 heteroatoms. The zero-order valence-corrected chi connectivity index (χ0v) is 11.1. The van der Waals surface area contributed by atoms with Gasteiger partial charge in [0.25, 0.3) is 0 Å². The number of carbonyl (C=O) groups excluding carboxylic acids is 1. The second kappa shape index (κ2) is 7.36. The maximum absolute atomic E-state index is 12.0. The van der Waals surface area contributed by atoms with Crippen LogP contribution in [-0.4, -0.2) is 37.1 Å². The van der Waals surface area contributed by atoms with E-state index in [4.69, 9.17) is 10.5 Å². The van der Waals surface area contributed by atoms with E-state index in [1.165, 1.54) is 0 Å². The van der Waals surface area contributed by atoms with Crippen molar-refractivity contribution in [1.82, 2.24) is 4.90 Å². The molecule has 1 unspecified atom stereocenters. The van der Waals surface area contributed by atoms with Crippen molar-refractivity contribution in [2.24, 2.45) is 5.73 Å². The molecular weight excluding hydrogens is 252 g/mol. The normalized spacial score (nSPS) is 16.8. The predicted octanol–water partition coefficient (Wildman–Crippen LogP) is 1.36. The third kappa shape index (κ3) is 3.98. The third-order valence-electron chi connectivity index (χ3n) is 2.99. The van der Waals surface area contributed by atoms with E-state index in [-0.39, 0.29) is 24.4 Å². The first-order chi connectivity index (χ1) is 8.27. The summed E-state index contributed by atoms with van der Waals surface area (Å²) < 4.78 is 5.21. The number of rotatable bonds is 3. The fourth-order valence-electron chi connectivity index (χ4n) is 1.95. The molecule has 1 fully saturated rings. The average molecular weight is 271 g/mol. The molecule has 2 rings (SSSR count). The number of nitrogens with zero attached hydrogens (tertiary/aromatic N) is 1. The van der Waals surface area contributed by atoms with E-state index in [2.05, 4.69) is 0 Å². The van der Waals surface area contributed by atoms with E-state index in [1.54, 1.807) is 0 Å². The Morgan fingerprint density at radius 3 is 2.50 bits per heavy atom. The second-order valence-electron chi connectivity index (χ2n) is 4.21. The Morgan fingerprint density at radius 2 is 1.89 bits per heavy atom. The minimum absolute atomic E-state index is 0. The van der Waals surface area contributed by atoms with E-state index in [9.17, 15) is 4.79 Å². The van der Waals surface area contributed by atoms with Crippen molar-refractivity contribution in [3.8, 4) is 0 Å². The molecule has 1 atom stereocenters. The Balaban J connectivity index is 0.00000162. The number of hydrogen-bond acceptors (Lipinski definition) is 3. The summed E-state index contributed by atoms with van der Waals surface area (Å²) in [6.45, 7) is 2.62. The largest absolute Gasteiger partial charge is 0.378 e. The molecule has 0 radical (unpaired) electrons. The van der Waals surface area contributed by atoms with Gasteiger partial charge in [0.15, 0.2) is 0 Å². The molecule has 1 aromatic carbocycles. The highest BCUT2D eigenvalue weighted by molar-refractivity contribution is 5.85. The van der Waals surface area contributed by atoms with Crippen LogP contribution in [0.3, 0.4) is 0 Å². The Hall–Kier alpha value is -1.10. The van der Waals surface area contributed by atoms with Crippen LogP contribution in [0.1, 0.15) is 18.0 Å². The van der Waals surface area contributed by atoms with Crippen LogP contribution in [0.4, 0.5) is 0 Å². The van der Waals surface area contributed by atoms with Gasteiger partial charge in [-0.05, 0) is 5.56 Å². The van der Waals surface area contributed by atoms with Gasteiger partial charge in [-0.3, -0.25) is 4.79 Å². The molecule has 1 heterocycles. The average Bonchev–Trinajstić information content (AvgIpc) is 2.40. The molecule has 1 aliphatic rings. The van der Waals surface area contributed by atoms with Gasteiger partial charge in [0.05, 0.1) is 13.2 Å². The summed E-state index contributed by atoms with van der Waals surface area (Å²) >= 11 is 0. The number of carbonyl (C=O) groups is 1. The summed E-state index contributed by atoms with van der Waals surface area (Å²) in [4.78, 5) is 13.8. The topological polar surface area (TPSA) is 55.6 Å². The Labute approximate surface area is 114 Å². The molecule has 0 aliphatic carbocycles. The first-order valence-corrected chi connectivity index (χ1v) is 5.93. The summed E-state index contributed by atoms with van der Waals surface area (Å²) in [5, 5.41) is 0. The van der Waals surface area contributed by atoms with Crippen LogP contribution in [0, 0.1) is 0 Å². The third-order valence-corrected chi connectivity index (χ3v) is 2.99. The SMILES string of the molecule is Cl.NC(CC(=O)N1CCOCC1)c1ccccc1. The minimum atomic E-state index is -0.216. The summed E-state index contributed by atoms with van der Waals surface area (Å²) in [5.74, 6) is 0.115. The lowest BCUT2D eigenvalue weighted by atomic mass is 10.0. The number of ether oxygens (including phenoxy) is 1. The van der Waals surface area contributed by atoms with Crippen LogP contribution in [0.25, 0.3) is 0 Å². The van der Waals surface area contributed by atoms with E-state index >= 15 is 0 Å². The smallest absolute Gasteiger partial charge is 0.224 e. The van der Waals surface area contributed by atoms with Crippen LogP contribution in [0.2, 0.25) is 0 Å². The van der Waals surface area contributed by atoms with Crippen LogP contribution < -0.4 is 5.73 Å². The zero-order chi connectivity index (χ0) is 12.1. The van der Waals surface area contributed by atoms with Gasteiger partial charge in [0.2, 0.25) is 5.91 Å². The Kier molecular flexibility index (Phi) is 6.12. The van der Waals surface area contributed by atoms with Gasteiger partial charge in [-0.25, -0.2) is 0 Å². The molecule has 4 nitrogen and oxygen atoms in total. The highest BCUT2D eigenvalue weighted by Gasteiger charge is 2.19. The molecular formula is C13H19ClN2O2. The van der Waals surface area contributed by atoms with E-state index < -0.39 is 0 Å². The van der Waals surface area contributed by atoms with Crippen molar-refractivity contribution in [2.45, 2.75) is 12.5 Å². The molecule has 1 aromatic rings. The van der Waals surface area contributed by atoms with Crippen LogP contribution >= 0.6 is 12.4 Å². The van der Waals surface area contributed by atoms with Crippen molar-refractivity contribution in [3.63, 3.8) is 0 Å². The highest BCUT2D eigenvalue weighted by Crippen LogP contribution is 2.15. The quantitative estimate of drug-likeness (QED) is 0.902. The summed E-state index contributed by atoms with van der Waals surface area (Å²) in [5.41, 5.74) is 7.03. The van der Waals surface area contributed by atoms with Gasteiger partial charge in [-0.1, -0.05) is 30.3 Å². The lowest BCUT2D eigenvalue weighted by Crippen LogP contribution is -2.41. The molecule has 1 saturated heterocycles. The maximum Gasteiger partial charge on any atom is 0.224 e. The van der Waals surface area contributed by atoms with Crippen LogP contribution in [0.15, 0.2) is 30.3 Å². The Morgan fingerprint density at radius 1 is 1.28 bits per heavy atom. The fourth-order valence-corrected chi connectivity index (χ4v) is 1.95. The predicted molar refractivity (Wildman–Crippen MR) is 72.6 cm³/mol. The Bertz CT molecular complexity index is 367. The first kappa shape index (κ1) is 15.0. The number of halogens is 1. The van der Waals surface area contributed by atoms with Gasteiger partial charge in [0, 0.05) is 25.6 Å². The van der Waals surface area contributed by atoms with E-state index in [1.807, 2.05) is 35.2 Å². The molecule has 2 N–H and O–H groups in total. The van der Waals surface area contributed by atoms with Crippen molar-refractivity contribution in [1.29, 1.82) is 0 Å². The van der Waals surface area contributed by atoms with E-state index in [0.29, 0.717) is 32.7 Å². The molecule has 0 bridgehead atoms. The maximum atomic E-state index is 12.0. The number of nitrogens with two attached hydrogens (primary N) is 1. The molecule has 1 amide bonds. The molecule has 0 aromatic heterocycles. The van der Waals surface area contributed by atoms with Gasteiger partial charge in [-0.15, -0.1) is 12.4 Å². The summed E-state index contributed by atoms with van der Waals surface area (Å²) in [6.07, 6.45) is 0.365. The van der Waals surface area contributed by atoms with Gasteiger partial charge in [0.1, 0.15) is 0 Å². The standard InChI is InChI=1S/C13H18N2O2.ClH/c14-12(11-4-2-1-3-5-11)10-13(16)15-6-8-17-9-7-15;/h1-5,12H,6-10,14H2;1H. The molecule has 1 aliphatic heterocycles. The second-order valence-corrected chi connectivity index (χ2v) is 4.21. The minimum Gasteiger partial charge on any atom is -0.378 e. The molecule has 18 heavy (non-hydrogen) atoms. The number of hydrogen-bond donors (Lipinski definition) is 1. The number of benzene rings is 1. The van der Waals surface area contributed by atoms with Crippen LogP contribution in [-0.2, 0) is 9.53 Å². The first-order valence-electron chi connectivity index (χ1n) is 5.93. The van der Waals surface area contributed by atoms with E-state index in [0.717, 1.165) is 5.56 Å². The monoisotopic (exact) mass is 270 g/mol. The van der Waals surface area contributed by atoms with Gasteiger partial charge < -0.3 is 15.4 Å². The number of morpholine rings is 1. The summed E-state index contributed by atoms with van der Waals surface area (Å²) in [6, 6.07) is 9.52. The van der Waals surface area contributed by atoms with Crippen LogP contribution in [0.5, 0.6) is 0 Å². The highest BCUT2D eigenvalue weighted by atomic mass is 35.5. The lowest BCUT2D eigenvalue weighted by Gasteiger charge is -2.27. The van der Waals surface area contributed by atoms with Gasteiger partial charge >= 0.3 is 0 Å². The van der Waals surface area contributed by atoms with Crippen molar-refractivity contribution in [3.05, 3.63) is 35.9 Å². The van der Waals surface area contributed by atoms with Crippen molar-refractivity contribution < 1.29 is 9.53 Å². The van der Waals surface area contributed by atoms with Crippen molar-refractivity contribution in [2.75, 3.05) is 26.3 Å². The zero-order valence-electron chi connectivity index (χ0n) is 10.2. The van der Waals surface area contributed by atoms with Crippen molar-refractivity contribution >= 4 is 18.3 Å². The molecule has 100 valence electrons. The summed E-state index contributed by atoms with van der Waals surface area (Å²) in [7, 11) is 0. The molecule has 0 saturated carbocycles. The lowest BCUT2D eigenvalue weighted by molar-refractivity contribution is -0.135.